The van der Waals surface area contributed by atoms with Crippen molar-refractivity contribution < 1.29 is 4.79 Å². The normalized spacial score (nSPS) is 29.4. The van der Waals surface area contributed by atoms with Gasteiger partial charge in [-0.25, -0.2) is 0 Å². The summed E-state index contributed by atoms with van der Waals surface area (Å²) >= 11 is 0. The molecule has 0 aromatic carbocycles. The maximum absolute atomic E-state index is 11.0. The Kier molecular flexibility index (Phi) is 3.59. The van der Waals surface area contributed by atoms with Gasteiger partial charge in [0.15, 0.2) is 0 Å². The highest BCUT2D eigenvalue weighted by molar-refractivity contribution is 5.78. The Bertz CT molecular complexity index is 224. The Morgan fingerprint density at radius 3 is 2.73 bits per heavy atom. The highest BCUT2D eigenvalue weighted by Crippen LogP contribution is 2.10. The SMILES string of the molecule is CN1CCC(NCC2CCC(=O)N2)CC1. The van der Waals surface area contributed by atoms with E-state index in [1.807, 2.05) is 0 Å². The van der Waals surface area contributed by atoms with Gasteiger partial charge in [0.1, 0.15) is 0 Å². The predicted octanol–water partition coefficient (Wildman–Crippen LogP) is -0.0512. The molecule has 0 radical (unpaired) electrons. The fourth-order valence-electron chi connectivity index (χ4n) is 2.35. The summed E-state index contributed by atoms with van der Waals surface area (Å²) in [5.41, 5.74) is 0. The molecule has 2 aliphatic rings. The standard InChI is InChI=1S/C11H21N3O/c1-14-6-4-9(5-7-14)12-8-10-2-3-11(15)13-10/h9-10,12H,2-8H2,1H3,(H,13,15). The zero-order valence-electron chi connectivity index (χ0n) is 9.46. The molecule has 2 rings (SSSR count). The zero-order chi connectivity index (χ0) is 10.7. The number of amides is 1. The number of piperidine rings is 1. The largest absolute Gasteiger partial charge is 0.352 e. The first-order valence-corrected chi connectivity index (χ1v) is 5.95. The van der Waals surface area contributed by atoms with Crippen molar-refractivity contribution in [3.63, 3.8) is 0 Å². The Labute approximate surface area is 91.4 Å². The van der Waals surface area contributed by atoms with Crippen molar-refractivity contribution in [2.24, 2.45) is 0 Å². The van der Waals surface area contributed by atoms with Gasteiger partial charge in [0.25, 0.3) is 0 Å². The molecule has 2 heterocycles. The van der Waals surface area contributed by atoms with Gasteiger partial charge in [-0.2, -0.15) is 0 Å². The Balaban J connectivity index is 1.63. The molecule has 0 aliphatic carbocycles. The Morgan fingerprint density at radius 2 is 2.13 bits per heavy atom. The molecule has 15 heavy (non-hydrogen) atoms. The Morgan fingerprint density at radius 1 is 1.40 bits per heavy atom. The highest BCUT2D eigenvalue weighted by Gasteiger charge is 2.22. The second kappa shape index (κ2) is 4.94. The van der Waals surface area contributed by atoms with E-state index < -0.39 is 0 Å². The van der Waals surface area contributed by atoms with Gasteiger partial charge < -0.3 is 15.5 Å². The highest BCUT2D eigenvalue weighted by atomic mass is 16.1. The van der Waals surface area contributed by atoms with E-state index in [9.17, 15) is 4.79 Å². The van der Waals surface area contributed by atoms with Crippen LogP contribution in [0.4, 0.5) is 0 Å². The summed E-state index contributed by atoms with van der Waals surface area (Å²) in [6, 6.07) is 1.02. The van der Waals surface area contributed by atoms with E-state index in [1.165, 1.54) is 25.9 Å². The number of likely N-dealkylation sites (tertiary alicyclic amines) is 1. The summed E-state index contributed by atoms with van der Waals surface area (Å²) in [5, 5.41) is 6.55. The van der Waals surface area contributed by atoms with Crippen LogP contribution in [0.3, 0.4) is 0 Å². The van der Waals surface area contributed by atoms with Crippen LogP contribution in [0.2, 0.25) is 0 Å². The van der Waals surface area contributed by atoms with Crippen LogP contribution in [0, 0.1) is 0 Å². The molecule has 86 valence electrons. The molecule has 4 heteroatoms. The Hall–Kier alpha value is -0.610. The first-order chi connectivity index (χ1) is 7.24. The molecule has 0 aromatic rings. The van der Waals surface area contributed by atoms with E-state index in [-0.39, 0.29) is 5.91 Å². The number of hydrogen-bond acceptors (Lipinski definition) is 3. The van der Waals surface area contributed by atoms with Crippen LogP contribution in [0.15, 0.2) is 0 Å². The van der Waals surface area contributed by atoms with E-state index in [0.29, 0.717) is 18.5 Å². The predicted molar refractivity (Wildman–Crippen MR) is 59.7 cm³/mol. The lowest BCUT2D eigenvalue weighted by atomic mass is 10.1. The molecule has 1 unspecified atom stereocenters. The topological polar surface area (TPSA) is 44.4 Å². The van der Waals surface area contributed by atoms with Crippen molar-refractivity contribution in [3.05, 3.63) is 0 Å². The summed E-state index contributed by atoms with van der Waals surface area (Å²) < 4.78 is 0. The van der Waals surface area contributed by atoms with E-state index in [4.69, 9.17) is 0 Å². The van der Waals surface area contributed by atoms with Crippen molar-refractivity contribution in [2.45, 2.75) is 37.8 Å². The number of nitrogens with one attached hydrogen (secondary N) is 2. The fraction of sp³-hybridized carbons (Fsp3) is 0.909. The summed E-state index contributed by atoms with van der Waals surface area (Å²) in [7, 11) is 2.17. The van der Waals surface area contributed by atoms with E-state index in [2.05, 4.69) is 22.6 Å². The zero-order valence-corrected chi connectivity index (χ0v) is 9.46. The smallest absolute Gasteiger partial charge is 0.220 e. The molecular weight excluding hydrogens is 190 g/mol. The quantitative estimate of drug-likeness (QED) is 0.688. The van der Waals surface area contributed by atoms with Gasteiger partial charge in [-0.1, -0.05) is 0 Å². The molecule has 0 spiro atoms. The van der Waals surface area contributed by atoms with Crippen molar-refractivity contribution in [1.29, 1.82) is 0 Å². The lowest BCUT2D eigenvalue weighted by Gasteiger charge is -2.30. The van der Waals surface area contributed by atoms with Gasteiger partial charge in [0.05, 0.1) is 0 Å². The molecule has 4 nitrogen and oxygen atoms in total. The fourth-order valence-corrected chi connectivity index (χ4v) is 2.35. The molecule has 0 bridgehead atoms. The third-order valence-corrected chi connectivity index (χ3v) is 3.46. The molecule has 1 atom stereocenters. The molecule has 0 aromatic heterocycles. The molecule has 2 fully saturated rings. The van der Waals surface area contributed by atoms with E-state index in [0.717, 1.165) is 13.0 Å². The minimum atomic E-state index is 0.213. The second-order valence-electron chi connectivity index (χ2n) is 4.79. The second-order valence-corrected chi connectivity index (χ2v) is 4.79. The average Bonchev–Trinajstić information content (AvgIpc) is 2.64. The molecular formula is C11H21N3O. The van der Waals surface area contributed by atoms with Crippen LogP contribution >= 0.6 is 0 Å². The lowest BCUT2D eigenvalue weighted by molar-refractivity contribution is -0.119. The number of carbonyl (C=O) groups excluding carboxylic acids is 1. The van der Waals surface area contributed by atoms with E-state index in [1.54, 1.807) is 0 Å². The summed E-state index contributed by atoms with van der Waals surface area (Å²) in [6.45, 7) is 3.32. The van der Waals surface area contributed by atoms with Crippen molar-refractivity contribution >= 4 is 5.91 Å². The molecule has 2 N–H and O–H groups in total. The third-order valence-electron chi connectivity index (χ3n) is 3.46. The van der Waals surface area contributed by atoms with Crippen LogP contribution in [0.25, 0.3) is 0 Å². The van der Waals surface area contributed by atoms with Crippen LogP contribution in [-0.4, -0.2) is 49.6 Å². The molecule has 2 saturated heterocycles. The van der Waals surface area contributed by atoms with E-state index >= 15 is 0 Å². The number of nitrogens with zero attached hydrogens (tertiary/aromatic N) is 1. The lowest BCUT2D eigenvalue weighted by Crippen LogP contribution is -2.45. The van der Waals surface area contributed by atoms with Gasteiger partial charge in [-0.05, 0) is 39.4 Å². The van der Waals surface area contributed by atoms with Gasteiger partial charge in [0.2, 0.25) is 5.91 Å². The van der Waals surface area contributed by atoms with Gasteiger partial charge >= 0.3 is 0 Å². The molecule has 0 saturated carbocycles. The average molecular weight is 211 g/mol. The summed E-state index contributed by atoms with van der Waals surface area (Å²) in [5.74, 6) is 0.213. The number of hydrogen-bond donors (Lipinski definition) is 2. The third kappa shape index (κ3) is 3.18. The maximum atomic E-state index is 11.0. The number of carbonyl (C=O) groups is 1. The van der Waals surface area contributed by atoms with Crippen LogP contribution in [0.1, 0.15) is 25.7 Å². The van der Waals surface area contributed by atoms with Crippen LogP contribution < -0.4 is 10.6 Å². The van der Waals surface area contributed by atoms with Gasteiger partial charge in [-0.15, -0.1) is 0 Å². The van der Waals surface area contributed by atoms with Crippen molar-refractivity contribution in [2.75, 3.05) is 26.7 Å². The van der Waals surface area contributed by atoms with Crippen LogP contribution in [0.5, 0.6) is 0 Å². The maximum Gasteiger partial charge on any atom is 0.220 e. The number of rotatable bonds is 3. The van der Waals surface area contributed by atoms with Gasteiger partial charge in [-0.3, -0.25) is 4.79 Å². The first kappa shape index (κ1) is 10.9. The molecule has 1 amide bonds. The molecule has 2 aliphatic heterocycles. The van der Waals surface area contributed by atoms with Crippen LogP contribution in [-0.2, 0) is 4.79 Å². The monoisotopic (exact) mass is 211 g/mol. The summed E-state index contributed by atoms with van der Waals surface area (Å²) in [6.07, 6.45) is 4.17. The van der Waals surface area contributed by atoms with Gasteiger partial charge in [0, 0.05) is 25.0 Å². The van der Waals surface area contributed by atoms with Crippen molar-refractivity contribution in [1.82, 2.24) is 15.5 Å². The summed E-state index contributed by atoms with van der Waals surface area (Å²) in [4.78, 5) is 13.4. The minimum absolute atomic E-state index is 0.213. The minimum Gasteiger partial charge on any atom is -0.352 e. The van der Waals surface area contributed by atoms with Crippen molar-refractivity contribution in [3.8, 4) is 0 Å². The first-order valence-electron chi connectivity index (χ1n) is 5.95.